The third-order valence-corrected chi connectivity index (χ3v) is 3.70. The van der Waals surface area contributed by atoms with E-state index in [1.165, 1.54) is 12.1 Å². The topological polar surface area (TPSA) is 79.2 Å². The van der Waals surface area contributed by atoms with Crippen molar-refractivity contribution < 1.29 is 14.3 Å². The Morgan fingerprint density at radius 1 is 1.33 bits per heavy atom. The zero-order valence-electron chi connectivity index (χ0n) is 14.1. The maximum atomic E-state index is 13.0. The Hall–Kier alpha value is -2.41. The van der Waals surface area contributed by atoms with Crippen LogP contribution < -0.4 is 10.6 Å². The van der Waals surface area contributed by atoms with E-state index in [0.717, 1.165) is 5.69 Å². The molecule has 2 amide bonds. The normalized spacial score (nSPS) is 12.2. The molecule has 0 spiro atoms. The number of amides is 2. The molecule has 0 saturated heterocycles. The van der Waals surface area contributed by atoms with Gasteiger partial charge < -0.3 is 10.4 Å². The van der Waals surface area contributed by atoms with Gasteiger partial charge in [0.25, 0.3) is 0 Å². The van der Waals surface area contributed by atoms with E-state index in [1.54, 1.807) is 22.9 Å². The molecule has 0 fully saturated rings. The Morgan fingerprint density at radius 2 is 2.00 bits per heavy atom. The van der Waals surface area contributed by atoms with Crippen molar-refractivity contribution in [1.82, 2.24) is 15.1 Å². The molecule has 130 valence electrons. The number of hydrogen-bond acceptors (Lipinski definition) is 3. The third kappa shape index (κ3) is 4.79. The quantitative estimate of drug-likeness (QED) is 0.760. The molecule has 24 heavy (non-hydrogen) atoms. The van der Waals surface area contributed by atoms with Gasteiger partial charge in [0.2, 0.25) is 0 Å². The maximum absolute atomic E-state index is 13.0. The Labute approximate surface area is 140 Å². The van der Waals surface area contributed by atoms with Crippen LogP contribution in [0.3, 0.4) is 0 Å². The molecule has 2 aromatic rings. The highest BCUT2D eigenvalue weighted by molar-refractivity contribution is 5.88. The molecule has 7 heteroatoms. The van der Waals surface area contributed by atoms with Crippen LogP contribution in [0.1, 0.15) is 26.0 Å². The summed E-state index contributed by atoms with van der Waals surface area (Å²) in [5.74, 6) is 0.243. The highest BCUT2D eigenvalue weighted by Gasteiger charge is 2.11. The molecule has 0 radical (unpaired) electrons. The smallest absolute Gasteiger partial charge is 0.320 e. The van der Waals surface area contributed by atoms with E-state index in [9.17, 15) is 14.3 Å². The fraction of sp³-hybridized carbons (Fsp3) is 0.412. The lowest BCUT2D eigenvalue weighted by Gasteiger charge is -2.14. The first-order chi connectivity index (χ1) is 11.4. The summed E-state index contributed by atoms with van der Waals surface area (Å²) in [5, 5.41) is 19.3. The number of carbonyl (C=O) groups is 1. The number of halogens is 1. The van der Waals surface area contributed by atoms with Crippen molar-refractivity contribution in [1.29, 1.82) is 0 Å². The Balaban J connectivity index is 1.92. The number of benzene rings is 1. The summed E-state index contributed by atoms with van der Waals surface area (Å²) < 4.78 is 14.6. The number of urea groups is 1. The lowest BCUT2D eigenvalue weighted by molar-refractivity contribution is 0.117. The minimum atomic E-state index is -0.440. The number of carbonyl (C=O) groups excluding carboxylic acids is 1. The van der Waals surface area contributed by atoms with Gasteiger partial charge in [-0.15, -0.1) is 5.10 Å². The second kappa shape index (κ2) is 7.92. The molecule has 1 heterocycles. The first-order valence-electron chi connectivity index (χ1n) is 7.92. The van der Waals surface area contributed by atoms with E-state index in [2.05, 4.69) is 15.7 Å². The summed E-state index contributed by atoms with van der Waals surface area (Å²) in [6.45, 7) is 6.08. The predicted molar refractivity (Wildman–Crippen MR) is 90.7 cm³/mol. The fourth-order valence-corrected chi connectivity index (χ4v) is 2.21. The van der Waals surface area contributed by atoms with Crippen LogP contribution in [0.25, 0.3) is 5.69 Å². The number of aliphatic hydroxyl groups excluding tert-OH is 1. The van der Waals surface area contributed by atoms with Crippen molar-refractivity contribution in [2.24, 2.45) is 5.92 Å². The average molecular weight is 334 g/mol. The molecule has 6 nitrogen and oxygen atoms in total. The Morgan fingerprint density at radius 3 is 2.62 bits per heavy atom. The minimum absolute atomic E-state index is 0.156. The van der Waals surface area contributed by atoms with Gasteiger partial charge in [0.1, 0.15) is 5.82 Å². The number of nitrogens with zero attached hydrogens (tertiary/aromatic N) is 2. The largest absolute Gasteiger partial charge is 0.393 e. The zero-order chi connectivity index (χ0) is 17.7. The van der Waals surface area contributed by atoms with Crippen LogP contribution in [0.4, 0.5) is 15.0 Å². The van der Waals surface area contributed by atoms with E-state index in [1.807, 2.05) is 20.8 Å². The standard InChI is InChI=1S/C17H23FN4O2/c1-11(2)15(23)8-9-19-17(24)20-16-10-12(3)22(21-16)14-6-4-13(18)5-7-14/h4-7,10-11,15,23H,8-9H2,1-3H3,(H2,19,20,21,24). The zero-order valence-corrected chi connectivity index (χ0v) is 14.1. The first-order valence-corrected chi connectivity index (χ1v) is 7.92. The van der Waals surface area contributed by atoms with E-state index >= 15 is 0 Å². The van der Waals surface area contributed by atoms with Crippen LogP contribution in [0.2, 0.25) is 0 Å². The summed E-state index contributed by atoms with van der Waals surface area (Å²) in [6.07, 6.45) is 0.0546. The fourth-order valence-electron chi connectivity index (χ4n) is 2.21. The van der Waals surface area contributed by atoms with E-state index < -0.39 is 6.10 Å². The second-order valence-electron chi connectivity index (χ2n) is 6.04. The van der Waals surface area contributed by atoms with Gasteiger partial charge in [-0.3, -0.25) is 5.32 Å². The van der Waals surface area contributed by atoms with Crippen LogP contribution in [0.15, 0.2) is 30.3 Å². The molecular formula is C17H23FN4O2. The predicted octanol–water partition coefficient (Wildman–Crippen LogP) is 2.85. The van der Waals surface area contributed by atoms with Crippen molar-refractivity contribution in [3.8, 4) is 5.69 Å². The highest BCUT2D eigenvalue weighted by atomic mass is 19.1. The van der Waals surface area contributed by atoms with Crippen molar-refractivity contribution in [2.75, 3.05) is 11.9 Å². The highest BCUT2D eigenvalue weighted by Crippen LogP contribution is 2.15. The van der Waals surface area contributed by atoms with E-state index in [0.29, 0.717) is 24.5 Å². The summed E-state index contributed by atoms with van der Waals surface area (Å²) >= 11 is 0. The molecule has 0 aliphatic carbocycles. The van der Waals surface area contributed by atoms with Crippen molar-refractivity contribution in [3.63, 3.8) is 0 Å². The average Bonchev–Trinajstić information content (AvgIpc) is 2.88. The van der Waals surface area contributed by atoms with Crippen LogP contribution in [-0.2, 0) is 0 Å². The van der Waals surface area contributed by atoms with Gasteiger partial charge in [0, 0.05) is 18.3 Å². The monoisotopic (exact) mass is 334 g/mol. The lowest BCUT2D eigenvalue weighted by atomic mass is 10.0. The van der Waals surface area contributed by atoms with Gasteiger partial charge in [-0.1, -0.05) is 13.8 Å². The molecule has 1 aromatic carbocycles. The van der Waals surface area contributed by atoms with Gasteiger partial charge in [0.05, 0.1) is 11.8 Å². The number of rotatable bonds is 6. The molecule has 1 unspecified atom stereocenters. The van der Waals surface area contributed by atoms with Crippen molar-refractivity contribution >= 4 is 11.8 Å². The minimum Gasteiger partial charge on any atom is -0.393 e. The first kappa shape index (κ1) is 17.9. The summed E-state index contributed by atoms with van der Waals surface area (Å²) in [6, 6.07) is 7.30. The molecule has 2 rings (SSSR count). The van der Waals surface area contributed by atoms with Gasteiger partial charge in [-0.25, -0.2) is 13.9 Å². The van der Waals surface area contributed by atoms with Crippen molar-refractivity contribution in [2.45, 2.75) is 33.3 Å². The molecule has 0 aliphatic heterocycles. The Kier molecular flexibility index (Phi) is 5.92. The third-order valence-electron chi connectivity index (χ3n) is 3.70. The van der Waals surface area contributed by atoms with Crippen LogP contribution >= 0.6 is 0 Å². The second-order valence-corrected chi connectivity index (χ2v) is 6.04. The van der Waals surface area contributed by atoms with Crippen LogP contribution in [0, 0.1) is 18.7 Å². The molecular weight excluding hydrogens is 311 g/mol. The maximum Gasteiger partial charge on any atom is 0.320 e. The SMILES string of the molecule is Cc1cc(NC(=O)NCCC(O)C(C)C)nn1-c1ccc(F)cc1. The molecule has 0 bridgehead atoms. The summed E-state index contributed by atoms with van der Waals surface area (Å²) in [4.78, 5) is 11.9. The molecule has 1 aromatic heterocycles. The molecule has 0 aliphatic rings. The van der Waals surface area contributed by atoms with Gasteiger partial charge >= 0.3 is 6.03 Å². The molecule has 1 atom stereocenters. The molecule has 0 saturated carbocycles. The van der Waals surface area contributed by atoms with Gasteiger partial charge in [0.15, 0.2) is 5.82 Å². The van der Waals surface area contributed by atoms with Crippen LogP contribution in [-0.4, -0.2) is 33.6 Å². The summed E-state index contributed by atoms with van der Waals surface area (Å²) in [7, 11) is 0. The summed E-state index contributed by atoms with van der Waals surface area (Å²) in [5.41, 5.74) is 1.52. The number of aromatic nitrogens is 2. The van der Waals surface area contributed by atoms with Crippen LogP contribution in [0.5, 0.6) is 0 Å². The Bertz CT molecular complexity index is 682. The number of aliphatic hydroxyl groups is 1. The number of nitrogens with one attached hydrogen (secondary N) is 2. The number of hydrogen-bond donors (Lipinski definition) is 3. The van der Waals surface area contributed by atoms with Gasteiger partial charge in [-0.2, -0.15) is 0 Å². The van der Waals surface area contributed by atoms with E-state index in [4.69, 9.17) is 0 Å². The number of aryl methyl sites for hydroxylation is 1. The number of anilines is 1. The van der Waals surface area contributed by atoms with Gasteiger partial charge in [-0.05, 0) is 43.5 Å². The lowest BCUT2D eigenvalue weighted by Crippen LogP contribution is -2.32. The van der Waals surface area contributed by atoms with Crippen molar-refractivity contribution in [3.05, 3.63) is 41.8 Å². The molecule has 3 N–H and O–H groups in total. The van der Waals surface area contributed by atoms with E-state index in [-0.39, 0.29) is 17.8 Å².